The van der Waals surface area contributed by atoms with E-state index in [2.05, 4.69) is 5.32 Å². The van der Waals surface area contributed by atoms with E-state index in [1.165, 1.54) is 6.42 Å². The van der Waals surface area contributed by atoms with Crippen LogP contribution < -0.4 is 5.32 Å². The molecule has 1 aliphatic carbocycles. The molecular formula is C21H28N2O4. The van der Waals surface area contributed by atoms with Crippen LogP contribution in [-0.2, 0) is 25.5 Å². The van der Waals surface area contributed by atoms with Gasteiger partial charge in [0, 0.05) is 19.0 Å². The number of fused-ring (bicyclic) bond motifs is 1. The van der Waals surface area contributed by atoms with E-state index >= 15 is 0 Å². The van der Waals surface area contributed by atoms with Crippen LogP contribution in [0.5, 0.6) is 0 Å². The summed E-state index contributed by atoms with van der Waals surface area (Å²) < 4.78 is 4.90. The monoisotopic (exact) mass is 372 g/mol. The molecule has 1 unspecified atom stereocenters. The van der Waals surface area contributed by atoms with E-state index in [1.807, 2.05) is 24.3 Å². The van der Waals surface area contributed by atoms with Crippen molar-refractivity contribution in [2.24, 2.45) is 5.92 Å². The number of benzene rings is 1. The minimum atomic E-state index is -0.833. The molecule has 2 amide bonds. The van der Waals surface area contributed by atoms with Crippen molar-refractivity contribution >= 4 is 17.8 Å². The van der Waals surface area contributed by atoms with Gasteiger partial charge in [0.1, 0.15) is 0 Å². The first-order chi connectivity index (χ1) is 13.1. The van der Waals surface area contributed by atoms with Crippen LogP contribution >= 0.6 is 0 Å². The van der Waals surface area contributed by atoms with Crippen molar-refractivity contribution in [3.63, 3.8) is 0 Å². The SMILES string of the molecule is CCOC(=O)C(=O)N1CCc2ccccc2C1CNC(=O)C1CCCCC1. The van der Waals surface area contributed by atoms with Crippen LogP contribution in [0.3, 0.4) is 0 Å². The van der Waals surface area contributed by atoms with Gasteiger partial charge in [-0.15, -0.1) is 0 Å². The molecule has 1 aliphatic heterocycles. The van der Waals surface area contributed by atoms with Crippen molar-refractivity contribution in [1.82, 2.24) is 10.2 Å². The Morgan fingerprint density at radius 3 is 2.63 bits per heavy atom. The first kappa shape index (κ1) is 19.4. The Labute approximate surface area is 160 Å². The van der Waals surface area contributed by atoms with Crippen LogP contribution in [-0.4, -0.2) is 42.4 Å². The first-order valence-electron chi connectivity index (χ1n) is 9.95. The molecule has 3 rings (SSSR count). The molecule has 0 aromatic heterocycles. The molecule has 0 bridgehead atoms. The number of hydrogen-bond donors (Lipinski definition) is 1. The number of carbonyl (C=O) groups is 3. The zero-order chi connectivity index (χ0) is 19.2. The van der Waals surface area contributed by atoms with E-state index in [1.54, 1.807) is 11.8 Å². The highest BCUT2D eigenvalue weighted by Gasteiger charge is 2.35. The molecule has 2 aliphatic rings. The Bertz CT molecular complexity index is 697. The third-order valence-electron chi connectivity index (χ3n) is 5.57. The molecule has 1 N–H and O–H groups in total. The lowest BCUT2D eigenvalue weighted by atomic mass is 9.88. The van der Waals surface area contributed by atoms with Gasteiger partial charge in [-0.3, -0.25) is 9.59 Å². The highest BCUT2D eigenvalue weighted by Crippen LogP contribution is 2.30. The van der Waals surface area contributed by atoms with Crippen LogP contribution in [0.15, 0.2) is 24.3 Å². The molecule has 6 heteroatoms. The lowest BCUT2D eigenvalue weighted by Crippen LogP contribution is -2.48. The zero-order valence-electron chi connectivity index (χ0n) is 15.9. The van der Waals surface area contributed by atoms with Crippen LogP contribution in [0.4, 0.5) is 0 Å². The number of nitrogens with zero attached hydrogens (tertiary/aromatic N) is 1. The van der Waals surface area contributed by atoms with Gasteiger partial charge in [0.2, 0.25) is 5.91 Å². The lowest BCUT2D eigenvalue weighted by molar-refractivity contribution is -0.161. The van der Waals surface area contributed by atoms with Gasteiger partial charge >= 0.3 is 11.9 Å². The third-order valence-corrected chi connectivity index (χ3v) is 5.57. The van der Waals surface area contributed by atoms with E-state index in [0.717, 1.165) is 36.8 Å². The van der Waals surface area contributed by atoms with Gasteiger partial charge in [-0.1, -0.05) is 43.5 Å². The Balaban J connectivity index is 1.74. The maximum Gasteiger partial charge on any atom is 0.397 e. The number of amides is 2. The maximum atomic E-state index is 12.6. The second-order valence-electron chi connectivity index (χ2n) is 7.26. The second-order valence-corrected chi connectivity index (χ2v) is 7.26. The third kappa shape index (κ3) is 4.49. The first-order valence-corrected chi connectivity index (χ1v) is 9.95. The summed E-state index contributed by atoms with van der Waals surface area (Å²) in [5, 5.41) is 3.03. The summed E-state index contributed by atoms with van der Waals surface area (Å²) in [4.78, 5) is 38.7. The quantitative estimate of drug-likeness (QED) is 0.650. The van der Waals surface area contributed by atoms with Gasteiger partial charge in [-0.25, -0.2) is 4.79 Å². The Kier molecular flexibility index (Phi) is 6.48. The summed E-state index contributed by atoms with van der Waals surface area (Å²) in [6, 6.07) is 7.56. The Morgan fingerprint density at radius 2 is 1.89 bits per heavy atom. The summed E-state index contributed by atoms with van der Waals surface area (Å²) in [5.41, 5.74) is 2.15. The van der Waals surface area contributed by atoms with Gasteiger partial charge in [0.05, 0.1) is 12.6 Å². The molecule has 1 aromatic rings. The fourth-order valence-corrected chi connectivity index (χ4v) is 4.13. The van der Waals surface area contributed by atoms with E-state index in [0.29, 0.717) is 19.5 Å². The molecule has 0 radical (unpaired) electrons. The van der Waals surface area contributed by atoms with Crippen LogP contribution in [0.2, 0.25) is 0 Å². The molecule has 1 aromatic carbocycles. The van der Waals surface area contributed by atoms with Crippen LogP contribution in [0.1, 0.15) is 56.2 Å². The molecule has 146 valence electrons. The Morgan fingerprint density at radius 1 is 1.15 bits per heavy atom. The summed E-state index contributed by atoms with van der Waals surface area (Å²) in [7, 11) is 0. The smallest absolute Gasteiger partial charge is 0.397 e. The van der Waals surface area contributed by atoms with Crippen molar-refractivity contribution in [3.8, 4) is 0 Å². The molecule has 1 fully saturated rings. The minimum absolute atomic E-state index is 0.0567. The number of nitrogens with one attached hydrogen (secondary N) is 1. The number of ether oxygens (including phenoxy) is 1. The molecule has 0 saturated heterocycles. The molecule has 6 nitrogen and oxygen atoms in total. The largest absolute Gasteiger partial charge is 0.459 e. The van der Waals surface area contributed by atoms with Gasteiger partial charge in [0.25, 0.3) is 0 Å². The molecular weight excluding hydrogens is 344 g/mol. The second kappa shape index (κ2) is 9.02. The number of rotatable bonds is 4. The summed E-state index contributed by atoms with van der Waals surface area (Å²) in [6.07, 6.45) is 5.93. The topological polar surface area (TPSA) is 75.7 Å². The zero-order valence-corrected chi connectivity index (χ0v) is 15.9. The molecule has 0 spiro atoms. The molecule has 1 atom stereocenters. The van der Waals surface area contributed by atoms with Gasteiger partial charge in [-0.2, -0.15) is 0 Å². The maximum absolute atomic E-state index is 12.6. The van der Waals surface area contributed by atoms with Crippen molar-refractivity contribution in [2.45, 2.75) is 51.5 Å². The average Bonchev–Trinajstić information content (AvgIpc) is 2.72. The van der Waals surface area contributed by atoms with Crippen molar-refractivity contribution < 1.29 is 19.1 Å². The molecule has 1 saturated carbocycles. The number of hydrogen-bond acceptors (Lipinski definition) is 4. The fourth-order valence-electron chi connectivity index (χ4n) is 4.13. The van der Waals surface area contributed by atoms with E-state index < -0.39 is 11.9 Å². The molecule has 27 heavy (non-hydrogen) atoms. The summed E-state index contributed by atoms with van der Waals surface area (Å²) >= 11 is 0. The highest BCUT2D eigenvalue weighted by atomic mass is 16.5. The van der Waals surface area contributed by atoms with E-state index in [-0.39, 0.29) is 24.5 Å². The van der Waals surface area contributed by atoms with Gasteiger partial charge in [-0.05, 0) is 37.3 Å². The minimum Gasteiger partial charge on any atom is -0.459 e. The van der Waals surface area contributed by atoms with Crippen molar-refractivity contribution in [3.05, 3.63) is 35.4 Å². The normalized spacial score (nSPS) is 19.9. The number of esters is 1. The van der Waals surface area contributed by atoms with Gasteiger partial charge in [0.15, 0.2) is 0 Å². The Hall–Kier alpha value is -2.37. The number of carbonyl (C=O) groups excluding carboxylic acids is 3. The van der Waals surface area contributed by atoms with Crippen molar-refractivity contribution in [1.29, 1.82) is 0 Å². The summed E-state index contributed by atoms with van der Waals surface area (Å²) in [5.74, 6) is -1.35. The van der Waals surface area contributed by atoms with Crippen LogP contribution in [0.25, 0.3) is 0 Å². The highest BCUT2D eigenvalue weighted by molar-refractivity contribution is 6.32. The van der Waals surface area contributed by atoms with Crippen molar-refractivity contribution in [2.75, 3.05) is 19.7 Å². The average molecular weight is 372 g/mol. The standard InChI is InChI=1S/C21H28N2O4/c1-2-27-21(26)20(25)23-13-12-15-8-6-7-11-17(15)18(23)14-22-19(24)16-9-4-3-5-10-16/h6-8,11,16,18H,2-5,9-10,12-14H2,1H3,(H,22,24). The predicted molar refractivity (Wildman–Crippen MR) is 101 cm³/mol. The predicted octanol–water partition coefficient (Wildman–Crippen LogP) is 2.37. The van der Waals surface area contributed by atoms with E-state index in [9.17, 15) is 14.4 Å². The lowest BCUT2D eigenvalue weighted by Gasteiger charge is -2.37. The fraction of sp³-hybridized carbons (Fsp3) is 0.571. The van der Waals surface area contributed by atoms with Crippen LogP contribution in [0, 0.1) is 5.92 Å². The van der Waals surface area contributed by atoms with E-state index in [4.69, 9.17) is 4.74 Å². The summed E-state index contributed by atoms with van der Waals surface area (Å²) in [6.45, 7) is 2.60. The van der Waals surface area contributed by atoms with Gasteiger partial charge < -0.3 is 15.0 Å². The molecule has 1 heterocycles.